The maximum atomic E-state index is 12.8. The Bertz CT molecular complexity index is 1170. The van der Waals surface area contributed by atoms with Crippen molar-refractivity contribution < 1.29 is 9.53 Å². The Morgan fingerprint density at radius 2 is 1.90 bits per heavy atom. The first-order valence-corrected chi connectivity index (χ1v) is 9.46. The summed E-state index contributed by atoms with van der Waals surface area (Å²) in [4.78, 5) is 21.4. The van der Waals surface area contributed by atoms with Gasteiger partial charge in [-0.1, -0.05) is 18.2 Å². The Kier molecular flexibility index (Phi) is 5.52. The summed E-state index contributed by atoms with van der Waals surface area (Å²) in [6.45, 7) is 0.344. The smallest absolute Gasteiger partial charge is 0.269 e. The molecule has 4 rings (SSSR count). The molecule has 0 atom stereocenters. The zero-order valence-electron chi connectivity index (χ0n) is 16.7. The summed E-state index contributed by atoms with van der Waals surface area (Å²) < 4.78 is 6.85. The van der Waals surface area contributed by atoms with Crippen LogP contribution in [0.1, 0.15) is 16.1 Å². The van der Waals surface area contributed by atoms with Gasteiger partial charge in [0.2, 0.25) is 0 Å². The Balaban J connectivity index is 1.53. The minimum Gasteiger partial charge on any atom is -0.497 e. The molecule has 0 saturated carbocycles. The van der Waals surface area contributed by atoms with E-state index in [0.717, 1.165) is 28.1 Å². The van der Waals surface area contributed by atoms with Gasteiger partial charge in [-0.3, -0.25) is 19.4 Å². The normalized spacial score (nSPS) is 10.6. The summed E-state index contributed by atoms with van der Waals surface area (Å²) in [5.74, 6) is 0.531. The lowest BCUT2D eigenvalue weighted by molar-refractivity contribution is 0.0941. The predicted molar refractivity (Wildman–Crippen MR) is 114 cm³/mol. The molecule has 0 fully saturated rings. The van der Waals surface area contributed by atoms with E-state index in [2.05, 4.69) is 20.4 Å². The van der Waals surface area contributed by atoms with Gasteiger partial charge >= 0.3 is 0 Å². The van der Waals surface area contributed by atoms with Crippen LogP contribution < -0.4 is 10.1 Å². The van der Waals surface area contributed by atoms with Crippen molar-refractivity contribution in [1.82, 2.24) is 25.1 Å². The maximum absolute atomic E-state index is 12.8. The van der Waals surface area contributed by atoms with Crippen molar-refractivity contribution in [2.24, 2.45) is 7.05 Å². The summed E-state index contributed by atoms with van der Waals surface area (Å²) in [7, 11) is 3.37. The molecule has 1 aromatic carbocycles. The van der Waals surface area contributed by atoms with Crippen LogP contribution in [-0.2, 0) is 13.6 Å². The molecular weight excluding hydrogens is 378 g/mol. The minimum atomic E-state index is -0.208. The molecule has 3 heterocycles. The second kappa shape index (κ2) is 8.57. The predicted octanol–water partition coefficient (Wildman–Crippen LogP) is 3.48. The number of hydrogen-bond donors (Lipinski definition) is 1. The van der Waals surface area contributed by atoms with Gasteiger partial charge in [-0.15, -0.1) is 0 Å². The van der Waals surface area contributed by atoms with Crippen LogP contribution in [0.5, 0.6) is 5.75 Å². The molecule has 150 valence electrons. The fourth-order valence-electron chi connectivity index (χ4n) is 3.21. The zero-order chi connectivity index (χ0) is 20.9. The highest BCUT2D eigenvalue weighted by atomic mass is 16.5. The summed E-state index contributed by atoms with van der Waals surface area (Å²) in [6, 6.07) is 17.0. The quantitative estimate of drug-likeness (QED) is 0.537. The molecular formula is C23H21N5O2. The molecule has 0 spiro atoms. The number of amides is 1. The first-order chi connectivity index (χ1) is 14.7. The largest absolute Gasteiger partial charge is 0.497 e. The average molecular weight is 399 g/mol. The molecule has 1 N–H and O–H groups in total. The summed E-state index contributed by atoms with van der Waals surface area (Å²) in [5, 5.41) is 7.45. The average Bonchev–Trinajstić information content (AvgIpc) is 3.20. The molecule has 0 aliphatic heterocycles. The number of benzene rings is 1. The van der Waals surface area contributed by atoms with Crippen LogP contribution in [0, 0.1) is 0 Å². The van der Waals surface area contributed by atoms with Crippen molar-refractivity contribution in [3.8, 4) is 28.3 Å². The van der Waals surface area contributed by atoms with Crippen molar-refractivity contribution in [3.05, 3.63) is 84.4 Å². The molecule has 0 aliphatic carbocycles. The van der Waals surface area contributed by atoms with Crippen LogP contribution >= 0.6 is 0 Å². The van der Waals surface area contributed by atoms with Gasteiger partial charge in [-0.2, -0.15) is 5.10 Å². The molecule has 0 bridgehead atoms. The van der Waals surface area contributed by atoms with Crippen molar-refractivity contribution in [2.45, 2.75) is 6.54 Å². The molecule has 0 radical (unpaired) electrons. The number of aryl methyl sites for hydroxylation is 1. The number of nitrogens with one attached hydrogen (secondary N) is 1. The van der Waals surface area contributed by atoms with Crippen LogP contribution in [0.25, 0.3) is 22.5 Å². The van der Waals surface area contributed by atoms with E-state index in [1.54, 1.807) is 43.5 Å². The molecule has 1 amide bonds. The number of methoxy groups -OCH3 is 1. The topological polar surface area (TPSA) is 81.9 Å². The van der Waals surface area contributed by atoms with Gasteiger partial charge in [0.25, 0.3) is 5.91 Å². The van der Waals surface area contributed by atoms with Crippen molar-refractivity contribution in [3.63, 3.8) is 0 Å². The SMILES string of the molecule is COc1cccc(-c2cc(C(=O)NCc3cccnc3-c3cccnc3)n(C)n2)c1. The van der Waals surface area contributed by atoms with E-state index >= 15 is 0 Å². The maximum Gasteiger partial charge on any atom is 0.269 e. The summed E-state index contributed by atoms with van der Waals surface area (Å²) in [5.41, 5.74) is 4.68. The first-order valence-electron chi connectivity index (χ1n) is 9.46. The van der Waals surface area contributed by atoms with E-state index in [0.29, 0.717) is 17.9 Å². The van der Waals surface area contributed by atoms with Gasteiger partial charge in [0, 0.05) is 43.3 Å². The summed E-state index contributed by atoms with van der Waals surface area (Å²) >= 11 is 0. The van der Waals surface area contributed by atoms with E-state index < -0.39 is 0 Å². The molecule has 7 nitrogen and oxygen atoms in total. The van der Waals surface area contributed by atoms with Gasteiger partial charge in [0.15, 0.2) is 0 Å². The lowest BCUT2D eigenvalue weighted by Gasteiger charge is -2.09. The van der Waals surface area contributed by atoms with Crippen LogP contribution in [-0.4, -0.2) is 32.8 Å². The standard InChI is InChI=1S/C23H21N5O2/c1-28-21(13-20(27-28)16-6-3-9-19(12-16)30-2)23(29)26-15-18-8-5-11-25-22(18)17-7-4-10-24-14-17/h3-14H,15H2,1-2H3,(H,26,29). The highest BCUT2D eigenvalue weighted by molar-refractivity contribution is 5.93. The Morgan fingerprint density at radius 3 is 2.70 bits per heavy atom. The number of rotatable bonds is 6. The number of ether oxygens (including phenoxy) is 1. The highest BCUT2D eigenvalue weighted by Crippen LogP contribution is 2.24. The second-order valence-corrected chi connectivity index (χ2v) is 6.71. The Labute approximate surface area is 174 Å². The molecule has 4 aromatic rings. The van der Waals surface area contributed by atoms with Crippen LogP contribution in [0.2, 0.25) is 0 Å². The second-order valence-electron chi connectivity index (χ2n) is 6.71. The highest BCUT2D eigenvalue weighted by Gasteiger charge is 2.15. The van der Waals surface area contributed by atoms with Crippen molar-refractivity contribution >= 4 is 5.91 Å². The fourth-order valence-corrected chi connectivity index (χ4v) is 3.21. The van der Waals surface area contributed by atoms with E-state index in [1.165, 1.54) is 0 Å². The monoisotopic (exact) mass is 399 g/mol. The van der Waals surface area contributed by atoms with Crippen molar-refractivity contribution in [2.75, 3.05) is 7.11 Å². The molecule has 7 heteroatoms. The molecule has 30 heavy (non-hydrogen) atoms. The van der Waals surface area contributed by atoms with Crippen molar-refractivity contribution in [1.29, 1.82) is 0 Å². The Morgan fingerprint density at radius 1 is 1.07 bits per heavy atom. The number of hydrogen-bond acceptors (Lipinski definition) is 5. The van der Waals surface area contributed by atoms with Crippen LogP contribution in [0.4, 0.5) is 0 Å². The third-order valence-electron chi connectivity index (χ3n) is 4.74. The number of nitrogens with zero attached hydrogens (tertiary/aromatic N) is 4. The molecule has 0 unspecified atom stereocenters. The van der Waals surface area contributed by atoms with Crippen LogP contribution in [0.15, 0.2) is 73.2 Å². The molecule has 3 aromatic heterocycles. The third kappa shape index (κ3) is 4.05. The number of aromatic nitrogens is 4. The van der Waals surface area contributed by atoms with Gasteiger partial charge in [0.05, 0.1) is 18.5 Å². The molecule has 0 saturated heterocycles. The van der Waals surface area contributed by atoms with Gasteiger partial charge < -0.3 is 10.1 Å². The third-order valence-corrected chi connectivity index (χ3v) is 4.74. The molecule has 0 aliphatic rings. The van der Waals surface area contributed by atoms with E-state index in [9.17, 15) is 4.79 Å². The van der Waals surface area contributed by atoms with Crippen LogP contribution in [0.3, 0.4) is 0 Å². The number of carbonyl (C=O) groups excluding carboxylic acids is 1. The van der Waals surface area contributed by atoms with Gasteiger partial charge in [-0.05, 0) is 42.0 Å². The number of pyridine rings is 2. The lowest BCUT2D eigenvalue weighted by atomic mass is 10.1. The number of carbonyl (C=O) groups is 1. The Hall–Kier alpha value is -4.00. The van der Waals surface area contributed by atoms with E-state index in [1.807, 2.05) is 48.5 Å². The summed E-state index contributed by atoms with van der Waals surface area (Å²) in [6.07, 6.45) is 5.21. The van der Waals surface area contributed by atoms with Gasteiger partial charge in [0.1, 0.15) is 11.4 Å². The minimum absolute atomic E-state index is 0.208. The lowest BCUT2D eigenvalue weighted by Crippen LogP contribution is -2.25. The first kappa shape index (κ1) is 19.3. The zero-order valence-corrected chi connectivity index (χ0v) is 16.7. The van der Waals surface area contributed by atoms with Gasteiger partial charge in [-0.25, -0.2) is 0 Å². The fraction of sp³-hybridized carbons (Fsp3) is 0.130. The van der Waals surface area contributed by atoms with E-state index in [4.69, 9.17) is 4.74 Å². The van der Waals surface area contributed by atoms with E-state index in [-0.39, 0.29) is 5.91 Å².